The highest BCUT2D eigenvalue weighted by Gasteiger charge is 2.46. The summed E-state index contributed by atoms with van der Waals surface area (Å²) in [6.07, 6.45) is -0.807. The van der Waals surface area contributed by atoms with Crippen LogP contribution in [0.1, 0.15) is 41.1 Å². The van der Waals surface area contributed by atoms with Gasteiger partial charge in [0.1, 0.15) is 11.7 Å². The van der Waals surface area contributed by atoms with E-state index >= 15 is 0 Å². The van der Waals surface area contributed by atoms with Crippen LogP contribution in [0.3, 0.4) is 0 Å². The first kappa shape index (κ1) is 19.7. The monoisotopic (exact) mass is 420 g/mol. The summed E-state index contributed by atoms with van der Waals surface area (Å²) >= 11 is 1.15. The molecule has 0 radical (unpaired) electrons. The lowest BCUT2D eigenvalue weighted by molar-refractivity contribution is 0.0758. The molecular weight excluding hydrogens is 404 g/mol. The van der Waals surface area contributed by atoms with Gasteiger partial charge in [-0.2, -0.15) is 0 Å². The molecule has 4 rings (SSSR count). The highest BCUT2D eigenvalue weighted by atomic mass is 32.1. The topological polar surface area (TPSA) is 102 Å². The number of nitrogens with zero attached hydrogens (tertiary/aromatic N) is 1. The maximum absolute atomic E-state index is 13.1. The number of benzene rings is 2. The Morgan fingerprint density at radius 2 is 1.73 bits per heavy atom. The van der Waals surface area contributed by atoms with Gasteiger partial charge in [0.15, 0.2) is 17.3 Å². The first-order chi connectivity index (χ1) is 14.4. The average Bonchev–Trinajstić information content (AvgIpc) is 3.18. The lowest BCUT2D eigenvalue weighted by atomic mass is 9.97. The largest absolute Gasteiger partial charge is 0.417 e. The minimum atomic E-state index is -1.47. The fourth-order valence-electron chi connectivity index (χ4n) is 3.41. The van der Waals surface area contributed by atoms with E-state index in [9.17, 15) is 19.2 Å². The Morgan fingerprint density at radius 1 is 1.00 bits per heavy atom. The summed E-state index contributed by atoms with van der Waals surface area (Å²) in [5, 5.41) is 3.18. The van der Waals surface area contributed by atoms with Gasteiger partial charge in [-0.15, -0.1) is 11.3 Å². The maximum Gasteiger partial charge on any atom is 0.417 e. The summed E-state index contributed by atoms with van der Waals surface area (Å²) in [7, 11) is 0. The molecule has 7 nitrogen and oxygen atoms in total. The zero-order valence-electron chi connectivity index (χ0n) is 16.1. The van der Waals surface area contributed by atoms with Gasteiger partial charge in [-0.1, -0.05) is 30.3 Å². The van der Waals surface area contributed by atoms with Crippen LogP contribution in [0.15, 0.2) is 48.5 Å². The van der Waals surface area contributed by atoms with Gasteiger partial charge in [-0.3, -0.25) is 19.7 Å². The number of carbonyl (C=O) groups excluding carboxylic acids is 4. The second kappa shape index (κ2) is 7.64. The number of anilines is 1. The van der Waals surface area contributed by atoms with Crippen molar-refractivity contribution in [3.63, 3.8) is 0 Å². The van der Waals surface area contributed by atoms with Gasteiger partial charge in [0.25, 0.3) is 0 Å². The SMILES string of the molecule is Cc1nc(C)c(C(=O)C2C(=O)c3cccc(NC(=O)Oc4ccccc4)c3C2=O)s1. The van der Waals surface area contributed by atoms with E-state index < -0.39 is 29.4 Å². The van der Waals surface area contributed by atoms with Crippen LogP contribution >= 0.6 is 11.3 Å². The van der Waals surface area contributed by atoms with Crippen molar-refractivity contribution >= 4 is 40.5 Å². The van der Waals surface area contributed by atoms with Crippen LogP contribution in [-0.2, 0) is 0 Å². The number of para-hydroxylation sites is 1. The van der Waals surface area contributed by atoms with E-state index in [-0.39, 0.29) is 16.8 Å². The number of aryl methyl sites for hydroxylation is 2. The number of aromatic nitrogens is 1. The summed E-state index contributed by atoms with van der Waals surface area (Å²) in [4.78, 5) is 55.6. The molecule has 150 valence electrons. The molecule has 0 spiro atoms. The van der Waals surface area contributed by atoms with Crippen molar-refractivity contribution in [3.8, 4) is 5.75 Å². The average molecular weight is 420 g/mol. The van der Waals surface area contributed by atoms with Crippen LogP contribution in [-0.4, -0.2) is 28.4 Å². The third-order valence-electron chi connectivity index (χ3n) is 4.68. The van der Waals surface area contributed by atoms with Crippen LogP contribution < -0.4 is 10.1 Å². The van der Waals surface area contributed by atoms with E-state index in [0.717, 1.165) is 11.3 Å². The number of ketones is 3. The highest BCUT2D eigenvalue weighted by Crippen LogP contribution is 2.35. The minimum Gasteiger partial charge on any atom is -0.410 e. The van der Waals surface area contributed by atoms with Gasteiger partial charge in [0.05, 0.1) is 26.8 Å². The quantitative estimate of drug-likeness (QED) is 0.500. The third-order valence-corrected chi connectivity index (χ3v) is 5.77. The van der Waals surface area contributed by atoms with Gasteiger partial charge in [-0.05, 0) is 32.0 Å². The predicted molar refractivity (Wildman–Crippen MR) is 111 cm³/mol. The normalized spacial score (nSPS) is 15.1. The molecule has 1 N–H and O–H groups in total. The number of carbonyl (C=O) groups is 4. The molecule has 0 fully saturated rings. The maximum atomic E-state index is 13.1. The summed E-state index contributed by atoms with van der Waals surface area (Å²) < 4.78 is 5.18. The van der Waals surface area contributed by atoms with Crippen molar-refractivity contribution in [2.24, 2.45) is 5.92 Å². The summed E-state index contributed by atoms with van der Waals surface area (Å²) in [5.41, 5.74) is 0.739. The molecule has 0 bridgehead atoms. The van der Waals surface area contributed by atoms with Crippen molar-refractivity contribution in [3.05, 3.63) is 75.2 Å². The number of thiazole rings is 1. The van der Waals surface area contributed by atoms with Crippen molar-refractivity contribution in [2.75, 3.05) is 5.32 Å². The van der Waals surface area contributed by atoms with Gasteiger partial charge >= 0.3 is 6.09 Å². The molecule has 3 aromatic rings. The van der Waals surface area contributed by atoms with E-state index in [1.165, 1.54) is 18.2 Å². The number of amides is 1. The third kappa shape index (κ3) is 3.42. The van der Waals surface area contributed by atoms with Crippen LogP contribution in [0.5, 0.6) is 5.75 Å². The number of hydrogen-bond acceptors (Lipinski definition) is 7. The van der Waals surface area contributed by atoms with Crippen molar-refractivity contribution in [1.82, 2.24) is 4.98 Å². The molecule has 1 amide bonds. The standard InChI is InChI=1S/C22H16N2O5S/c1-11-21(30-12(2)23-11)20(27)17-18(25)14-9-6-10-15(16(14)19(17)26)24-22(28)29-13-7-4-3-5-8-13/h3-10,17H,1-2H3,(H,24,28). The Morgan fingerprint density at radius 3 is 2.40 bits per heavy atom. The zero-order chi connectivity index (χ0) is 21.4. The molecule has 1 aliphatic carbocycles. The van der Waals surface area contributed by atoms with Crippen molar-refractivity contribution in [1.29, 1.82) is 0 Å². The number of nitrogens with one attached hydrogen (secondary N) is 1. The number of fused-ring (bicyclic) bond motifs is 1. The van der Waals surface area contributed by atoms with Gasteiger partial charge in [0.2, 0.25) is 0 Å². The molecule has 30 heavy (non-hydrogen) atoms. The molecule has 0 saturated carbocycles. The van der Waals surface area contributed by atoms with Crippen LogP contribution in [0.2, 0.25) is 0 Å². The second-order valence-corrected chi connectivity index (χ2v) is 7.93. The molecule has 0 saturated heterocycles. The highest BCUT2D eigenvalue weighted by molar-refractivity contribution is 7.13. The molecule has 1 unspecified atom stereocenters. The van der Waals surface area contributed by atoms with Crippen LogP contribution in [0.25, 0.3) is 0 Å². The summed E-state index contributed by atoms with van der Waals surface area (Å²) in [5.74, 6) is -2.92. The Balaban J connectivity index is 1.62. The van der Waals surface area contributed by atoms with E-state index in [2.05, 4.69) is 10.3 Å². The van der Waals surface area contributed by atoms with Gasteiger partial charge in [0, 0.05) is 5.56 Å². The van der Waals surface area contributed by atoms with Crippen LogP contribution in [0, 0.1) is 19.8 Å². The van der Waals surface area contributed by atoms with E-state index in [1.54, 1.807) is 44.2 Å². The minimum absolute atomic E-state index is 0.0183. The van der Waals surface area contributed by atoms with E-state index in [1.807, 2.05) is 0 Å². The first-order valence-electron chi connectivity index (χ1n) is 9.10. The predicted octanol–water partition coefficient (Wildman–Crippen LogP) is 4.25. The van der Waals surface area contributed by atoms with Gasteiger partial charge in [-0.25, -0.2) is 9.78 Å². The Kier molecular flexibility index (Phi) is 5.01. The van der Waals surface area contributed by atoms with Crippen molar-refractivity contribution < 1.29 is 23.9 Å². The first-order valence-corrected chi connectivity index (χ1v) is 9.92. The molecule has 2 aromatic carbocycles. The van der Waals surface area contributed by atoms with Crippen LogP contribution in [0.4, 0.5) is 10.5 Å². The lowest BCUT2D eigenvalue weighted by Crippen LogP contribution is -2.26. The van der Waals surface area contributed by atoms with E-state index in [0.29, 0.717) is 21.3 Å². The Bertz CT molecular complexity index is 1200. The Hall–Kier alpha value is -3.65. The second-order valence-electron chi connectivity index (χ2n) is 6.73. The summed E-state index contributed by atoms with van der Waals surface area (Å²) in [6.45, 7) is 3.42. The zero-order valence-corrected chi connectivity index (χ0v) is 16.9. The molecule has 1 aliphatic rings. The van der Waals surface area contributed by atoms with Gasteiger partial charge < -0.3 is 4.74 Å². The summed E-state index contributed by atoms with van der Waals surface area (Å²) in [6, 6.07) is 12.9. The molecule has 1 atom stereocenters. The fourth-order valence-corrected chi connectivity index (χ4v) is 4.30. The lowest BCUT2D eigenvalue weighted by Gasteiger charge is -2.09. The van der Waals surface area contributed by atoms with E-state index in [4.69, 9.17) is 4.74 Å². The number of ether oxygens (including phenoxy) is 1. The number of Topliss-reactive ketones (excluding diaryl/α,β-unsaturated/α-hetero) is 3. The fraction of sp³-hybridized carbons (Fsp3) is 0.136. The smallest absolute Gasteiger partial charge is 0.410 e. The Labute approximate surface area is 175 Å². The molecule has 1 heterocycles. The molecule has 0 aliphatic heterocycles. The van der Waals surface area contributed by atoms with Crippen molar-refractivity contribution in [2.45, 2.75) is 13.8 Å². The number of hydrogen-bond donors (Lipinski definition) is 1. The molecule has 8 heteroatoms. The molecule has 1 aromatic heterocycles. The molecular formula is C22H16N2O5S. The number of rotatable bonds is 4.